The van der Waals surface area contributed by atoms with Crippen molar-refractivity contribution in [3.05, 3.63) is 69.8 Å². The molecule has 2 aromatic carbocycles. The van der Waals surface area contributed by atoms with E-state index in [2.05, 4.69) is 0 Å². The molecule has 2 rings (SSSR count). The molecule has 0 aromatic heterocycles. The Morgan fingerprint density at radius 2 is 1.55 bits per heavy atom. The standard InChI is InChI=1S/C13H10ClNO4S/c14-20(18,19)13-8-4-2-6-11(13)9-10-5-1-3-7-12(10)15(16)17/h1-8H,9H2. The number of nitrogens with zero attached hydrogens (tertiary/aromatic N) is 1. The Hall–Kier alpha value is -1.92. The minimum absolute atomic E-state index is 0.0279. The Balaban J connectivity index is 2.49. The van der Waals surface area contributed by atoms with E-state index in [0.717, 1.165) is 0 Å². The van der Waals surface area contributed by atoms with E-state index >= 15 is 0 Å². The highest BCUT2D eigenvalue weighted by Crippen LogP contribution is 2.26. The third-order valence-corrected chi connectivity index (χ3v) is 4.23. The minimum Gasteiger partial charge on any atom is -0.258 e. The van der Waals surface area contributed by atoms with Crippen LogP contribution < -0.4 is 0 Å². The zero-order valence-electron chi connectivity index (χ0n) is 10.2. The molecule has 0 unspecified atom stereocenters. The van der Waals surface area contributed by atoms with E-state index in [9.17, 15) is 18.5 Å². The summed E-state index contributed by atoms with van der Waals surface area (Å²) in [7, 11) is 1.49. The lowest BCUT2D eigenvalue weighted by atomic mass is 10.0. The number of benzene rings is 2. The van der Waals surface area contributed by atoms with Crippen LogP contribution in [0.1, 0.15) is 11.1 Å². The predicted octanol–water partition coefficient (Wildman–Crippen LogP) is 3.11. The molecule has 0 saturated carbocycles. The fourth-order valence-corrected chi connectivity index (χ4v) is 3.08. The van der Waals surface area contributed by atoms with Gasteiger partial charge in [-0.05, 0) is 11.6 Å². The van der Waals surface area contributed by atoms with Crippen molar-refractivity contribution < 1.29 is 13.3 Å². The summed E-state index contributed by atoms with van der Waals surface area (Å²) < 4.78 is 23.0. The van der Waals surface area contributed by atoms with Crippen molar-refractivity contribution >= 4 is 25.4 Å². The zero-order valence-corrected chi connectivity index (χ0v) is 11.8. The van der Waals surface area contributed by atoms with E-state index < -0.39 is 14.0 Å². The van der Waals surface area contributed by atoms with Gasteiger partial charge in [0.15, 0.2) is 0 Å². The topological polar surface area (TPSA) is 77.3 Å². The molecule has 0 bridgehead atoms. The maximum atomic E-state index is 11.5. The highest BCUT2D eigenvalue weighted by Gasteiger charge is 2.18. The second kappa shape index (κ2) is 5.60. The summed E-state index contributed by atoms with van der Waals surface area (Å²) >= 11 is 0. The average Bonchev–Trinajstić information content (AvgIpc) is 2.38. The molecule has 7 heteroatoms. The molecule has 0 radical (unpaired) electrons. The third-order valence-electron chi connectivity index (χ3n) is 2.80. The molecule has 104 valence electrons. The van der Waals surface area contributed by atoms with Gasteiger partial charge in [-0.15, -0.1) is 0 Å². The van der Waals surface area contributed by atoms with Crippen LogP contribution in [-0.2, 0) is 15.5 Å². The van der Waals surface area contributed by atoms with Crippen LogP contribution >= 0.6 is 10.7 Å². The lowest BCUT2D eigenvalue weighted by Gasteiger charge is -2.07. The highest BCUT2D eigenvalue weighted by molar-refractivity contribution is 8.13. The molecule has 20 heavy (non-hydrogen) atoms. The molecule has 5 nitrogen and oxygen atoms in total. The first-order chi connectivity index (χ1) is 9.39. The Bertz CT molecular complexity index is 758. The number of nitro benzene ring substituents is 1. The number of hydrogen-bond acceptors (Lipinski definition) is 4. The normalized spacial score (nSPS) is 11.2. The van der Waals surface area contributed by atoms with Gasteiger partial charge in [0.2, 0.25) is 0 Å². The summed E-state index contributed by atoms with van der Waals surface area (Å²) in [6.45, 7) is 0. The molecule has 0 N–H and O–H groups in total. The quantitative estimate of drug-likeness (QED) is 0.494. The van der Waals surface area contributed by atoms with Crippen LogP contribution in [0.25, 0.3) is 0 Å². The number of halogens is 1. The van der Waals surface area contributed by atoms with Crippen molar-refractivity contribution in [2.75, 3.05) is 0 Å². The molecule has 2 aromatic rings. The van der Waals surface area contributed by atoms with Gasteiger partial charge in [-0.1, -0.05) is 36.4 Å². The fourth-order valence-electron chi connectivity index (χ4n) is 1.93. The SMILES string of the molecule is O=[N+]([O-])c1ccccc1Cc1ccccc1S(=O)(=O)Cl. The van der Waals surface area contributed by atoms with Gasteiger partial charge in [0.25, 0.3) is 14.7 Å². The Morgan fingerprint density at radius 1 is 1.00 bits per heavy atom. The zero-order chi connectivity index (χ0) is 14.8. The molecule has 0 aliphatic heterocycles. The second-order valence-electron chi connectivity index (χ2n) is 4.11. The van der Waals surface area contributed by atoms with Crippen LogP contribution in [0.5, 0.6) is 0 Å². The molecule has 0 heterocycles. The van der Waals surface area contributed by atoms with Crippen molar-refractivity contribution in [1.29, 1.82) is 0 Å². The van der Waals surface area contributed by atoms with Crippen LogP contribution in [-0.4, -0.2) is 13.3 Å². The van der Waals surface area contributed by atoms with Crippen molar-refractivity contribution in [3.63, 3.8) is 0 Å². The van der Waals surface area contributed by atoms with Gasteiger partial charge in [-0.2, -0.15) is 0 Å². The van der Waals surface area contributed by atoms with Crippen molar-refractivity contribution in [2.45, 2.75) is 11.3 Å². The summed E-state index contributed by atoms with van der Waals surface area (Å²) in [5.41, 5.74) is 0.816. The highest BCUT2D eigenvalue weighted by atomic mass is 35.7. The molecule has 0 spiro atoms. The lowest BCUT2D eigenvalue weighted by molar-refractivity contribution is -0.385. The van der Waals surface area contributed by atoms with Gasteiger partial charge in [0, 0.05) is 28.7 Å². The summed E-state index contributed by atoms with van der Waals surface area (Å²) in [6.07, 6.45) is 0.124. The molecule has 0 aliphatic rings. The molecule has 0 amide bonds. The van der Waals surface area contributed by atoms with Crippen LogP contribution in [0.15, 0.2) is 53.4 Å². The van der Waals surface area contributed by atoms with Crippen LogP contribution in [0, 0.1) is 10.1 Å². The minimum atomic E-state index is -3.88. The molecular formula is C13H10ClNO4S. The van der Waals surface area contributed by atoms with Gasteiger partial charge in [0.1, 0.15) is 0 Å². The first kappa shape index (κ1) is 14.5. The van der Waals surface area contributed by atoms with Gasteiger partial charge < -0.3 is 0 Å². The molecule has 0 atom stereocenters. The van der Waals surface area contributed by atoms with Gasteiger partial charge in [-0.25, -0.2) is 8.42 Å². The van der Waals surface area contributed by atoms with Gasteiger partial charge >= 0.3 is 0 Å². The van der Waals surface area contributed by atoms with Crippen molar-refractivity contribution in [1.82, 2.24) is 0 Å². The largest absolute Gasteiger partial charge is 0.272 e. The van der Waals surface area contributed by atoms with Crippen LogP contribution in [0.4, 0.5) is 5.69 Å². The molecule has 0 aliphatic carbocycles. The molecule has 0 saturated heterocycles. The van der Waals surface area contributed by atoms with E-state index in [0.29, 0.717) is 11.1 Å². The second-order valence-corrected chi connectivity index (χ2v) is 6.64. The lowest BCUT2D eigenvalue weighted by Crippen LogP contribution is -2.01. The first-order valence-corrected chi connectivity index (χ1v) is 7.95. The predicted molar refractivity (Wildman–Crippen MR) is 75.4 cm³/mol. The number of para-hydroxylation sites is 1. The first-order valence-electron chi connectivity index (χ1n) is 5.64. The van der Waals surface area contributed by atoms with E-state index in [1.807, 2.05) is 0 Å². The summed E-state index contributed by atoms with van der Waals surface area (Å²) in [5.74, 6) is 0. The number of nitro groups is 1. The fraction of sp³-hybridized carbons (Fsp3) is 0.0769. The van der Waals surface area contributed by atoms with Gasteiger partial charge in [0.05, 0.1) is 9.82 Å². The Labute approximate surface area is 120 Å². The summed E-state index contributed by atoms with van der Waals surface area (Å²) in [4.78, 5) is 10.4. The average molecular weight is 312 g/mol. The smallest absolute Gasteiger partial charge is 0.258 e. The van der Waals surface area contributed by atoms with E-state index in [1.165, 1.54) is 12.1 Å². The van der Waals surface area contributed by atoms with E-state index in [1.54, 1.807) is 36.4 Å². The van der Waals surface area contributed by atoms with Crippen LogP contribution in [0.2, 0.25) is 0 Å². The van der Waals surface area contributed by atoms with E-state index in [4.69, 9.17) is 10.7 Å². The monoisotopic (exact) mass is 311 g/mol. The maximum Gasteiger partial charge on any atom is 0.272 e. The summed E-state index contributed by atoms with van der Waals surface area (Å²) in [5, 5.41) is 11.0. The van der Waals surface area contributed by atoms with E-state index in [-0.39, 0.29) is 17.0 Å². The number of rotatable bonds is 4. The van der Waals surface area contributed by atoms with Crippen molar-refractivity contribution in [3.8, 4) is 0 Å². The summed E-state index contributed by atoms with van der Waals surface area (Å²) in [6, 6.07) is 12.4. The maximum absolute atomic E-state index is 11.5. The molecular weight excluding hydrogens is 302 g/mol. The molecule has 0 fully saturated rings. The third kappa shape index (κ3) is 3.15. The number of hydrogen-bond donors (Lipinski definition) is 0. The Morgan fingerprint density at radius 3 is 2.15 bits per heavy atom. The van der Waals surface area contributed by atoms with Gasteiger partial charge in [-0.3, -0.25) is 10.1 Å². The van der Waals surface area contributed by atoms with Crippen LogP contribution in [0.3, 0.4) is 0 Å². The Kier molecular flexibility index (Phi) is 4.06. The van der Waals surface area contributed by atoms with Crippen molar-refractivity contribution in [2.24, 2.45) is 0 Å².